The molecule has 0 saturated carbocycles. The van der Waals surface area contributed by atoms with Gasteiger partial charge in [0.05, 0.1) is 0 Å². The molecule has 1 unspecified atom stereocenters. The van der Waals surface area contributed by atoms with Crippen LogP contribution in [0.3, 0.4) is 0 Å². The fraction of sp³-hybridized carbons (Fsp3) is 0.667. The zero-order valence-corrected chi connectivity index (χ0v) is 9.81. The molecule has 0 aliphatic rings. The summed E-state index contributed by atoms with van der Waals surface area (Å²) in [6.07, 6.45) is -0.153. The van der Waals surface area contributed by atoms with Crippen LogP contribution >= 0.6 is 0 Å². The van der Waals surface area contributed by atoms with Crippen LogP contribution < -0.4 is 10.2 Å². The molecular weight excluding hydrogens is 224 g/mol. The molecule has 0 bridgehead atoms. The van der Waals surface area contributed by atoms with Crippen LogP contribution in [0.15, 0.2) is 0 Å². The largest absolute Gasteiger partial charge is 2.00 e. The average molecular weight is 232 g/mol. The minimum atomic E-state index is -1.23. The predicted octanol–water partition coefficient (Wildman–Crippen LogP) is -2.48. The smallest absolute Gasteiger partial charge is 0.550 e. The first-order chi connectivity index (χ1) is 4.54. The maximum absolute atomic E-state index is 9.99. The molecule has 0 fully saturated rings. The number of hydrogen-bond donors (Lipinski definition) is 0. The third-order valence-corrected chi connectivity index (χ3v) is 1.18. The Bertz CT molecular complexity index is 146. The van der Waals surface area contributed by atoms with Crippen molar-refractivity contribution in [2.45, 2.75) is 19.8 Å². The minimum Gasteiger partial charge on any atom is -0.550 e. The van der Waals surface area contributed by atoms with Gasteiger partial charge in [-0.25, -0.2) is 0 Å². The second kappa shape index (κ2) is 7.09. The number of carbonyl (C=O) groups excluding carboxylic acids is 2. The summed E-state index contributed by atoms with van der Waals surface area (Å²) in [7, 11) is 0. The second-order valence-corrected chi connectivity index (χ2v) is 2.13. The molecule has 0 aliphatic heterocycles. The van der Waals surface area contributed by atoms with E-state index in [-0.39, 0.29) is 58.3 Å². The molecule has 0 amide bonds. The van der Waals surface area contributed by atoms with E-state index in [0.717, 1.165) is 0 Å². The third kappa shape index (κ3) is 8.33. The summed E-state index contributed by atoms with van der Waals surface area (Å²) in [5.41, 5.74) is 0. The molecule has 58 valence electrons. The van der Waals surface area contributed by atoms with Gasteiger partial charge in [-0.2, -0.15) is 0 Å². The van der Waals surface area contributed by atoms with Gasteiger partial charge in [0.1, 0.15) is 0 Å². The predicted molar refractivity (Wildman–Crippen MR) is 34.2 cm³/mol. The summed E-state index contributed by atoms with van der Waals surface area (Å²) >= 11 is 0. The van der Waals surface area contributed by atoms with Crippen molar-refractivity contribution >= 4 is 57.4 Å². The van der Waals surface area contributed by atoms with Crippen LogP contribution in [0.5, 0.6) is 0 Å². The molecule has 11 heavy (non-hydrogen) atoms. The molecule has 0 rings (SSSR count). The Balaban J connectivity index is 0. The van der Waals surface area contributed by atoms with E-state index < -0.39 is 17.9 Å². The molecule has 0 heterocycles. The summed E-state index contributed by atoms with van der Waals surface area (Å²) in [5, 5.41) is 19.8. The van der Waals surface area contributed by atoms with Crippen molar-refractivity contribution in [1.82, 2.24) is 0 Å². The molecule has 0 aromatic carbocycles. The van der Waals surface area contributed by atoms with Crippen LogP contribution in [0.2, 0.25) is 0 Å². The Kier molecular flexibility index (Phi) is 9.01. The molecule has 0 saturated heterocycles. The van der Waals surface area contributed by atoms with Gasteiger partial charge in [0.15, 0.2) is 0 Å². The Hall–Kier alpha value is 0.421. The van der Waals surface area contributed by atoms with Crippen LogP contribution in [-0.2, 0) is 9.59 Å². The van der Waals surface area contributed by atoms with E-state index in [1.54, 1.807) is 0 Å². The quantitative estimate of drug-likeness (QED) is 0.502. The van der Waals surface area contributed by atoms with Crippen molar-refractivity contribution in [3.8, 4) is 0 Å². The standard InChI is InChI=1S/C6H10O4.Sr/c1-4(6(9)10)2-3-5(7)8;/h4H,2-3H2,1H3,(H,7,8)(H,9,10);/q;+2/p-2. The van der Waals surface area contributed by atoms with E-state index in [9.17, 15) is 19.8 Å². The fourth-order valence-corrected chi connectivity index (χ4v) is 0.452. The van der Waals surface area contributed by atoms with Gasteiger partial charge < -0.3 is 19.8 Å². The Morgan fingerprint density at radius 3 is 2.09 bits per heavy atom. The van der Waals surface area contributed by atoms with E-state index in [1.165, 1.54) is 6.92 Å². The van der Waals surface area contributed by atoms with E-state index >= 15 is 0 Å². The SMILES string of the molecule is CC(CCC(=O)[O-])C(=O)[O-].[Sr+2]. The van der Waals surface area contributed by atoms with Gasteiger partial charge in [-0.3, -0.25) is 0 Å². The van der Waals surface area contributed by atoms with E-state index in [2.05, 4.69) is 0 Å². The molecule has 0 aromatic heterocycles. The second-order valence-electron chi connectivity index (χ2n) is 2.13. The van der Waals surface area contributed by atoms with Crippen molar-refractivity contribution in [3.05, 3.63) is 0 Å². The molecule has 0 N–H and O–H groups in total. The maximum atomic E-state index is 9.99. The zero-order valence-electron chi connectivity index (χ0n) is 6.33. The third-order valence-electron chi connectivity index (χ3n) is 1.18. The average Bonchev–Trinajstić information content (AvgIpc) is 1.82. The van der Waals surface area contributed by atoms with Crippen molar-refractivity contribution in [3.63, 3.8) is 0 Å². The molecule has 4 nitrogen and oxygen atoms in total. The molecular formula is C6H8O4Sr. The molecule has 0 radical (unpaired) electrons. The normalized spacial score (nSPS) is 11.4. The number of hydrogen-bond acceptors (Lipinski definition) is 4. The first-order valence-electron chi connectivity index (χ1n) is 2.94. The molecule has 5 heteroatoms. The number of carbonyl (C=O) groups is 2. The molecule has 0 aliphatic carbocycles. The topological polar surface area (TPSA) is 80.3 Å². The van der Waals surface area contributed by atoms with Crippen LogP contribution in [-0.4, -0.2) is 57.4 Å². The van der Waals surface area contributed by atoms with Crippen molar-refractivity contribution in [1.29, 1.82) is 0 Å². The summed E-state index contributed by atoms with van der Waals surface area (Å²) in [4.78, 5) is 19.8. The Labute approximate surface area is 102 Å². The van der Waals surface area contributed by atoms with Crippen LogP contribution in [0.25, 0.3) is 0 Å². The van der Waals surface area contributed by atoms with Crippen LogP contribution in [0.1, 0.15) is 19.8 Å². The number of rotatable bonds is 4. The molecule has 0 spiro atoms. The summed E-state index contributed by atoms with van der Waals surface area (Å²) in [6, 6.07) is 0. The van der Waals surface area contributed by atoms with Gasteiger partial charge >= 0.3 is 45.5 Å². The van der Waals surface area contributed by atoms with Gasteiger partial charge in [-0.15, -0.1) is 0 Å². The Morgan fingerprint density at radius 1 is 1.36 bits per heavy atom. The van der Waals surface area contributed by atoms with E-state index in [0.29, 0.717) is 0 Å². The summed E-state index contributed by atoms with van der Waals surface area (Å²) < 4.78 is 0. The molecule has 0 aromatic rings. The van der Waals surface area contributed by atoms with Gasteiger partial charge in [-0.1, -0.05) is 6.92 Å². The van der Waals surface area contributed by atoms with Gasteiger partial charge in [-0.05, 0) is 18.8 Å². The van der Waals surface area contributed by atoms with Crippen LogP contribution in [0.4, 0.5) is 0 Å². The van der Waals surface area contributed by atoms with Crippen molar-refractivity contribution in [2.75, 3.05) is 0 Å². The number of carboxylic acid groups (broad SMARTS) is 2. The summed E-state index contributed by atoms with van der Waals surface area (Å²) in [6.45, 7) is 1.40. The summed E-state index contributed by atoms with van der Waals surface area (Å²) in [5.74, 6) is -3.16. The maximum Gasteiger partial charge on any atom is 2.00 e. The minimum absolute atomic E-state index is 0. The molecule has 1 atom stereocenters. The number of carboxylic acids is 2. The van der Waals surface area contributed by atoms with Gasteiger partial charge in [0, 0.05) is 11.9 Å². The Morgan fingerprint density at radius 2 is 1.82 bits per heavy atom. The van der Waals surface area contributed by atoms with Gasteiger partial charge in [0.2, 0.25) is 0 Å². The fourth-order valence-electron chi connectivity index (χ4n) is 0.452. The first-order valence-corrected chi connectivity index (χ1v) is 2.94. The van der Waals surface area contributed by atoms with Crippen molar-refractivity contribution in [2.24, 2.45) is 5.92 Å². The van der Waals surface area contributed by atoms with Gasteiger partial charge in [0.25, 0.3) is 0 Å². The monoisotopic (exact) mass is 232 g/mol. The first kappa shape index (κ1) is 14.0. The van der Waals surface area contributed by atoms with Crippen molar-refractivity contribution < 1.29 is 19.8 Å². The van der Waals surface area contributed by atoms with Crippen LogP contribution in [0, 0.1) is 5.92 Å². The number of aliphatic carboxylic acids is 2. The zero-order chi connectivity index (χ0) is 8.15. The van der Waals surface area contributed by atoms with E-state index in [1.807, 2.05) is 0 Å². The van der Waals surface area contributed by atoms with E-state index in [4.69, 9.17) is 0 Å².